The Kier molecular flexibility index (Phi) is 7.74. The first-order valence-electron chi connectivity index (χ1n) is 12.8. The zero-order valence-corrected chi connectivity index (χ0v) is 23.0. The van der Waals surface area contributed by atoms with Crippen LogP contribution in [0.4, 0.5) is 10.1 Å². The molecule has 3 aromatic rings. The van der Waals surface area contributed by atoms with Gasteiger partial charge in [0.1, 0.15) is 11.5 Å². The lowest BCUT2D eigenvalue weighted by Crippen LogP contribution is -2.47. The van der Waals surface area contributed by atoms with Gasteiger partial charge < -0.3 is 9.42 Å². The second-order valence-electron chi connectivity index (χ2n) is 9.56. The van der Waals surface area contributed by atoms with E-state index in [1.807, 2.05) is 34.9 Å². The number of carbonyl (C=O) groups excluding carboxylic acids is 1. The number of amides is 1. The number of benzene rings is 2. The zero-order chi connectivity index (χ0) is 26.9. The van der Waals surface area contributed by atoms with Gasteiger partial charge in [-0.15, -0.1) is 11.8 Å². The Morgan fingerprint density at radius 3 is 2.58 bits per heavy atom. The van der Waals surface area contributed by atoms with Crippen LogP contribution in [0, 0.1) is 18.7 Å². The van der Waals surface area contributed by atoms with Crippen molar-refractivity contribution in [3.8, 4) is 0 Å². The molecule has 38 heavy (non-hydrogen) atoms. The van der Waals surface area contributed by atoms with Crippen molar-refractivity contribution >= 4 is 45.5 Å². The second-order valence-corrected chi connectivity index (χ2v) is 12.8. The summed E-state index contributed by atoms with van der Waals surface area (Å²) >= 11 is 1.81. The van der Waals surface area contributed by atoms with Gasteiger partial charge in [-0.2, -0.15) is 4.31 Å². The molecule has 10 heteroatoms. The van der Waals surface area contributed by atoms with E-state index in [2.05, 4.69) is 18.1 Å². The van der Waals surface area contributed by atoms with Crippen LogP contribution < -0.4 is 4.90 Å². The van der Waals surface area contributed by atoms with E-state index in [4.69, 9.17) is 4.52 Å². The molecule has 3 heterocycles. The van der Waals surface area contributed by atoms with Crippen molar-refractivity contribution in [1.82, 2.24) is 9.46 Å². The van der Waals surface area contributed by atoms with E-state index in [0.29, 0.717) is 30.2 Å². The van der Waals surface area contributed by atoms with Gasteiger partial charge in [0.15, 0.2) is 10.7 Å². The third kappa shape index (κ3) is 5.17. The lowest BCUT2D eigenvalue weighted by molar-refractivity contribution is -0.123. The minimum atomic E-state index is -3.93. The molecule has 7 nitrogen and oxygen atoms in total. The molecule has 5 rings (SSSR count). The highest BCUT2D eigenvalue weighted by atomic mass is 32.2. The van der Waals surface area contributed by atoms with Gasteiger partial charge >= 0.3 is 0 Å². The Balaban J connectivity index is 1.31. The van der Waals surface area contributed by atoms with E-state index in [9.17, 15) is 17.6 Å². The van der Waals surface area contributed by atoms with Gasteiger partial charge in [-0.05, 0) is 56.5 Å². The number of hydrogen-bond donors (Lipinski definition) is 0. The molecule has 0 bridgehead atoms. The Morgan fingerprint density at radius 2 is 1.84 bits per heavy atom. The quantitative estimate of drug-likeness (QED) is 0.393. The second kappa shape index (κ2) is 11.0. The summed E-state index contributed by atoms with van der Waals surface area (Å²) in [7, 11) is -3.93. The number of aryl methyl sites for hydroxylation is 1. The SMILES string of the molecule is CCC1CN(C(=O)C2CCN(S(=O)(=O)c3c(C)noc3C=Cc3ccccc3F)CC2)c2ccccc2S1. The lowest BCUT2D eigenvalue weighted by Gasteiger charge is -2.38. The summed E-state index contributed by atoms with van der Waals surface area (Å²) in [5, 5.41) is 4.20. The Hall–Kier alpha value is -2.95. The number of sulfonamides is 1. The van der Waals surface area contributed by atoms with Gasteiger partial charge in [-0.1, -0.05) is 42.4 Å². The summed E-state index contributed by atoms with van der Waals surface area (Å²) in [5.41, 5.74) is 1.49. The number of thioether (sulfide) groups is 1. The molecule has 2 aliphatic heterocycles. The first-order chi connectivity index (χ1) is 18.3. The predicted octanol–water partition coefficient (Wildman–Crippen LogP) is 5.61. The Labute approximate surface area is 226 Å². The van der Waals surface area contributed by atoms with Crippen molar-refractivity contribution in [3.63, 3.8) is 0 Å². The minimum absolute atomic E-state index is 0.0253. The van der Waals surface area contributed by atoms with E-state index in [-0.39, 0.29) is 41.3 Å². The standard InChI is InChI=1S/C28H30FN3O4S2/c1-3-22-18-32(24-10-6-7-11-26(24)37-22)28(33)21-14-16-31(17-15-21)38(34,35)27-19(2)30-36-25(27)13-12-20-8-4-5-9-23(20)29/h4-13,21-22H,3,14-18H2,1-2H3. The van der Waals surface area contributed by atoms with E-state index >= 15 is 0 Å². The molecular formula is C28H30FN3O4S2. The van der Waals surface area contributed by atoms with Crippen molar-refractivity contribution in [2.75, 3.05) is 24.5 Å². The molecule has 0 aliphatic carbocycles. The molecule has 1 atom stereocenters. The molecule has 200 valence electrons. The van der Waals surface area contributed by atoms with Crippen LogP contribution in [0.1, 0.15) is 43.2 Å². The highest BCUT2D eigenvalue weighted by Crippen LogP contribution is 2.41. The first kappa shape index (κ1) is 26.6. The van der Waals surface area contributed by atoms with Crippen LogP contribution in [0.25, 0.3) is 12.2 Å². The van der Waals surface area contributed by atoms with E-state index in [0.717, 1.165) is 17.0 Å². The van der Waals surface area contributed by atoms with Gasteiger partial charge in [0.05, 0.1) is 5.69 Å². The largest absolute Gasteiger partial charge is 0.355 e. The molecule has 1 unspecified atom stereocenters. The molecule has 0 spiro atoms. The van der Waals surface area contributed by atoms with Crippen molar-refractivity contribution < 1.29 is 22.1 Å². The number of aromatic nitrogens is 1. The molecule has 2 aliphatic rings. The number of piperidine rings is 1. The van der Waals surface area contributed by atoms with E-state index < -0.39 is 15.8 Å². The number of para-hydroxylation sites is 1. The number of anilines is 1. The Morgan fingerprint density at radius 1 is 1.13 bits per heavy atom. The number of rotatable bonds is 6. The fraction of sp³-hybridized carbons (Fsp3) is 0.357. The average molecular weight is 556 g/mol. The van der Waals surface area contributed by atoms with E-state index in [1.54, 1.807) is 25.1 Å². The topological polar surface area (TPSA) is 83.7 Å². The normalized spacial score (nSPS) is 19.1. The van der Waals surface area contributed by atoms with Crippen LogP contribution in [-0.4, -0.2) is 48.7 Å². The van der Waals surface area contributed by atoms with Crippen LogP contribution in [0.5, 0.6) is 0 Å². The van der Waals surface area contributed by atoms with Gasteiger partial charge in [0.25, 0.3) is 0 Å². The fourth-order valence-electron chi connectivity index (χ4n) is 4.99. The molecule has 1 saturated heterocycles. The summed E-state index contributed by atoms with van der Waals surface area (Å²) in [6, 6.07) is 14.2. The van der Waals surface area contributed by atoms with Crippen LogP contribution in [0.2, 0.25) is 0 Å². The average Bonchev–Trinajstić information content (AvgIpc) is 3.32. The van der Waals surface area contributed by atoms with Crippen molar-refractivity contribution in [1.29, 1.82) is 0 Å². The number of carbonyl (C=O) groups is 1. The molecule has 2 aromatic carbocycles. The molecule has 1 fully saturated rings. The number of fused-ring (bicyclic) bond motifs is 1. The van der Waals surface area contributed by atoms with Gasteiger partial charge in [-0.25, -0.2) is 12.8 Å². The molecule has 0 N–H and O–H groups in total. The maximum atomic E-state index is 14.0. The van der Waals surface area contributed by atoms with E-state index in [1.165, 1.54) is 22.5 Å². The highest BCUT2D eigenvalue weighted by Gasteiger charge is 2.38. The monoisotopic (exact) mass is 555 g/mol. The minimum Gasteiger partial charge on any atom is -0.355 e. The first-order valence-corrected chi connectivity index (χ1v) is 15.1. The van der Waals surface area contributed by atoms with Gasteiger partial charge in [0, 0.05) is 41.3 Å². The summed E-state index contributed by atoms with van der Waals surface area (Å²) in [5.74, 6) is -0.560. The Bertz CT molecular complexity index is 1460. The summed E-state index contributed by atoms with van der Waals surface area (Å²) in [6.07, 6.45) is 4.73. The van der Waals surface area contributed by atoms with Crippen molar-refractivity contribution in [2.24, 2.45) is 5.92 Å². The molecule has 0 saturated carbocycles. The maximum Gasteiger partial charge on any atom is 0.248 e. The van der Waals surface area contributed by atoms with Crippen LogP contribution >= 0.6 is 11.8 Å². The summed E-state index contributed by atoms with van der Waals surface area (Å²) in [4.78, 5) is 16.6. The van der Waals surface area contributed by atoms with Gasteiger partial charge in [-0.3, -0.25) is 4.79 Å². The smallest absolute Gasteiger partial charge is 0.248 e. The van der Waals surface area contributed by atoms with Crippen LogP contribution in [0.15, 0.2) is 62.8 Å². The van der Waals surface area contributed by atoms with Crippen LogP contribution in [-0.2, 0) is 14.8 Å². The third-order valence-electron chi connectivity index (χ3n) is 7.11. The van der Waals surface area contributed by atoms with Crippen molar-refractivity contribution in [3.05, 3.63) is 71.4 Å². The third-order valence-corrected chi connectivity index (χ3v) is 10.6. The van der Waals surface area contributed by atoms with Crippen molar-refractivity contribution in [2.45, 2.75) is 48.2 Å². The molecule has 1 amide bonds. The molecule has 1 aromatic heterocycles. The lowest BCUT2D eigenvalue weighted by atomic mass is 9.96. The number of halogens is 1. The molecular weight excluding hydrogens is 525 g/mol. The molecule has 0 radical (unpaired) electrons. The maximum absolute atomic E-state index is 14.0. The number of hydrogen-bond acceptors (Lipinski definition) is 6. The number of nitrogens with zero attached hydrogens (tertiary/aromatic N) is 3. The highest BCUT2D eigenvalue weighted by molar-refractivity contribution is 8.00. The fourth-order valence-corrected chi connectivity index (χ4v) is 7.91. The summed E-state index contributed by atoms with van der Waals surface area (Å²) in [6.45, 7) is 4.81. The summed E-state index contributed by atoms with van der Waals surface area (Å²) < 4.78 is 47.9. The predicted molar refractivity (Wildman–Crippen MR) is 147 cm³/mol. The van der Waals surface area contributed by atoms with Gasteiger partial charge in [0.2, 0.25) is 15.9 Å². The van der Waals surface area contributed by atoms with Crippen LogP contribution in [0.3, 0.4) is 0 Å². The zero-order valence-electron chi connectivity index (χ0n) is 21.3.